The van der Waals surface area contributed by atoms with E-state index < -0.39 is 11.4 Å². The molecular weight excluding hydrogens is 288 g/mol. The maximum absolute atomic E-state index is 12.1. The van der Waals surface area contributed by atoms with Gasteiger partial charge in [-0.05, 0) is 35.9 Å². The number of phenolic OH excluding ortho intramolecular Hbond substituents is 3. The first-order valence-electron chi connectivity index (χ1n) is 6.50. The Kier molecular flexibility index (Phi) is 3.02. The number of hydrogen-bond donors (Lipinski definition) is 3. The molecule has 6 heteroatoms. The molecule has 0 saturated carbocycles. The number of rotatable bonds is 2. The number of carbonyl (C=O) groups is 1. The number of hydrogen-bond acceptors (Lipinski definition) is 6. The fourth-order valence-corrected chi connectivity index (χ4v) is 2.54. The van der Waals surface area contributed by atoms with Crippen LogP contribution in [0.25, 0.3) is 21.5 Å². The molecule has 0 amide bonds. The number of benzene rings is 2. The molecule has 0 spiro atoms. The van der Waals surface area contributed by atoms with Gasteiger partial charge >= 0.3 is 5.63 Å². The zero-order valence-corrected chi connectivity index (χ0v) is 11.6. The smallest absolute Gasteiger partial charge is 0.347 e. The van der Waals surface area contributed by atoms with Crippen LogP contribution < -0.4 is 5.63 Å². The first-order chi connectivity index (χ1) is 10.4. The Labute approximate surface area is 123 Å². The molecule has 0 aliphatic heterocycles. The van der Waals surface area contributed by atoms with Crippen LogP contribution in [0.1, 0.15) is 12.7 Å². The monoisotopic (exact) mass is 300 g/mol. The van der Waals surface area contributed by atoms with E-state index in [1.54, 1.807) is 0 Å². The van der Waals surface area contributed by atoms with Crippen molar-refractivity contribution < 1.29 is 24.5 Å². The van der Waals surface area contributed by atoms with Gasteiger partial charge in [-0.25, -0.2) is 4.79 Å². The van der Waals surface area contributed by atoms with Crippen LogP contribution in [-0.4, -0.2) is 21.1 Å². The molecule has 6 nitrogen and oxygen atoms in total. The van der Waals surface area contributed by atoms with Gasteiger partial charge in [-0.1, -0.05) is 0 Å². The zero-order chi connectivity index (χ0) is 16.0. The first kappa shape index (κ1) is 13.9. The molecule has 1 aromatic heterocycles. The highest BCUT2D eigenvalue weighted by Crippen LogP contribution is 2.39. The van der Waals surface area contributed by atoms with Gasteiger partial charge in [0.15, 0.2) is 0 Å². The maximum Gasteiger partial charge on any atom is 0.347 e. The van der Waals surface area contributed by atoms with Crippen molar-refractivity contribution in [3.05, 3.63) is 40.4 Å². The fraction of sp³-hybridized carbons (Fsp3) is 0.125. The number of ketones is 1. The van der Waals surface area contributed by atoms with Crippen molar-refractivity contribution >= 4 is 27.3 Å². The third kappa shape index (κ3) is 2.14. The summed E-state index contributed by atoms with van der Waals surface area (Å²) in [5.41, 5.74) is -0.791. The molecule has 0 fully saturated rings. The molecule has 0 saturated heterocycles. The van der Waals surface area contributed by atoms with E-state index in [0.717, 1.165) is 6.07 Å². The summed E-state index contributed by atoms with van der Waals surface area (Å²) in [5.74, 6) is -0.915. The van der Waals surface area contributed by atoms with Gasteiger partial charge in [-0.15, -0.1) is 0 Å². The molecule has 0 radical (unpaired) electrons. The fourth-order valence-electron chi connectivity index (χ4n) is 2.54. The second-order valence-electron chi connectivity index (χ2n) is 5.13. The molecule has 22 heavy (non-hydrogen) atoms. The maximum atomic E-state index is 12.1. The molecule has 3 rings (SSSR count). The highest BCUT2D eigenvalue weighted by atomic mass is 16.4. The standard InChI is InChI=1S/C16H12O6/c1-7(17)2-11-5-9-3-8-4-10(18)6-12(19)13(8)15(20)14(9)16(21)22-11/h3-6,18-20H,2H2,1H3. The van der Waals surface area contributed by atoms with E-state index in [1.165, 1.54) is 25.1 Å². The van der Waals surface area contributed by atoms with E-state index in [1.807, 2.05) is 0 Å². The lowest BCUT2D eigenvalue weighted by atomic mass is 10.0. The minimum atomic E-state index is -0.791. The summed E-state index contributed by atoms with van der Waals surface area (Å²) in [7, 11) is 0. The van der Waals surface area contributed by atoms with E-state index >= 15 is 0 Å². The second-order valence-corrected chi connectivity index (χ2v) is 5.13. The van der Waals surface area contributed by atoms with E-state index in [0.29, 0.717) is 10.8 Å². The molecule has 0 aliphatic rings. The van der Waals surface area contributed by atoms with Gasteiger partial charge in [-0.2, -0.15) is 0 Å². The lowest BCUT2D eigenvalue weighted by Crippen LogP contribution is -2.05. The SMILES string of the molecule is CC(=O)Cc1cc2cc3cc(O)cc(O)c3c(O)c2c(=O)o1. The average molecular weight is 300 g/mol. The third-order valence-electron chi connectivity index (χ3n) is 3.37. The number of carbonyl (C=O) groups excluding carboxylic acids is 1. The lowest BCUT2D eigenvalue weighted by Gasteiger charge is -2.08. The van der Waals surface area contributed by atoms with Gasteiger partial charge in [0.05, 0.1) is 11.8 Å². The summed E-state index contributed by atoms with van der Waals surface area (Å²) in [5, 5.41) is 30.4. The largest absolute Gasteiger partial charge is 0.508 e. The summed E-state index contributed by atoms with van der Waals surface area (Å²) >= 11 is 0. The summed E-state index contributed by atoms with van der Waals surface area (Å²) in [4.78, 5) is 23.2. The van der Waals surface area contributed by atoms with Crippen molar-refractivity contribution in [2.75, 3.05) is 0 Å². The lowest BCUT2D eigenvalue weighted by molar-refractivity contribution is -0.116. The molecule has 1 heterocycles. The van der Waals surface area contributed by atoms with Gasteiger partial charge in [0.25, 0.3) is 0 Å². The third-order valence-corrected chi connectivity index (χ3v) is 3.37. The normalized spacial score (nSPS) is 11.1. The highest BCUT2D eigenvalue weighted by Gasteiger charge is 2.16. The summed E-state index contributed by atoms with van der Waals surface area (Å²) in [6.07, 6.45) is -0.0325. The minimum Gasteiger partial charge on any atom is -0.508 e. The van der Waals surface area contributed by atoms with Crippen LogP contribution in [0.5, 0.6) is 17.2 Å². The topological polar surface area (TPSA) is 108 Å². The number of phenols is 3. The summed E-state index contributed by atoms with van der Waals surface area (Å²) < 4.78 is 5.03. The molecule has 3 aromatic rings. The van der Waals surface area contributed by atoms with Crippen molar-refractivity contribution in [1.29, 1.82) is 0 Å². The van der Waals surface area contributed by atoms with Gasteiger partial charge in [-0.3, -0.25) is 4.79 Å². The van der Waals surface area contributed by atoms with Crippen molar-refractivity contribution in [3.8, 4) is 17.2 Å². The second kappa shape index (κ2) is 4.77. The van der Waals surface area contributed by atoms with Crippen LogP contribution in [0.3, 0.4) is 0 Å². The molecule has 3 N–H and O–H groups in total. The van der Waals surface area contributed by atoms with Crippen molar-refractivity contribution in [2.24, 2.45) is 0 Å². The highest BCUT2D eigenvalue weighted by molar-refractivity contribution is 6.07. The predicted molar refractivity (Wildman–Crippen MR) is 79.4 cm³/mol. The van der Waals surface area contributed by atoms with Crippen molar-refractivity contribution in [3.63, 3.8) is 0 Å². The Morgan fingerprint density at radius 3 is 2.41 bits per heavy atom. The van der Waals surface area contributed by atoms with Crippen LogP contribution in [0.2, 0.25) is 0 Å². The van der Waals surface area contributed by atoms with E-state index in [-0.39, 0.29) is 40.2 Å². The van der Waals surface area contributed by atoms with Crippen LogP contribution in [0.15, 0.2) is 33.5 Å². The van der Waals surface area contributed by atoms with Crippen molar-refractivity contribution in [1.82, 2.24) is 0 Å². The van der Waals surface area contributed by atoms with Gasteiger partial charge in [0.1, 0.15) is 34.2 Å². The van der Waals surface area contributed by atoms with E-state index in [9.17, 15) is 24.9 Å². The molecule has 0 atom stereocenters. The summed E-state index contributed by atoms with van der Waals surface area (Å²) in [6.45, 7) is 1.37. The molecule has 112 valence electrons. The molecule has 0 bridgehead atoms. The van der Waals surface area contributed by atoms with E-state index in [4.69, 9.17) is 4.42 Å². The molecular formula is C16H12O6. The minimum absolute atomic E-state index is 0.0325. The van der Waals surface area contributed by atoms with Crippen molar-refractivity contribution in [2.45, 2.75) is 13.3 Å². The van der Waals surface area contributed by atoms with E-state index in [2.05, 4.69) is 0 Å². The van der Waals surface area contributed by atoms with Gasteiger partial charge in [0.2, 0.25) is 0 Å². The molecule has 2 aromatic carbocycles. The Hall–Kier alpha value is -3.02. The summed E-state index contributed by atoms with van der Waals surface area (Å²) in [6, 6.07) is 5.44. The molecule has 0 aliphatic carbocycles. The Bertz CT molecular complexity index is 983. The Morgan fingerprint density at radius 2 is 1.73 bits per heavy atom. The quantitative estimate of drug-likeness (QED) is 0.626. The number of Topliss-reactive ketones (excluding diaryl/α,β-unsaturated/α-hetero) is 1. The van der Waals surface area contributed by atoms with Gasteiger partial charge in [0, 0.05) is 6.07 Å². The Balaban J connectivity index is 2.44. The van der Waals surface area contributed by atoms with Crippen LogP contribution in [0, 0.1) is 0 Å². The predicted octanol–water partition coefficient (Wildman–Crippen LogP) is 2.19. The van der Waals surface area contributed by atoms with Crippen LogP contribution in [-0.2, 0) is 11.2 Å². The first-order valence-corrected chi connectivity index (χ1v) is 6.50. The number of aromatic hydroxyl groups is 3. The van der Waals surface area contributed by atoms with Crippen LogP contribution in [0.4, 0.5) is 0 Å². The average Bonchev–Trinajstić information content (AvgIpc) is 2.35. The zero-order valence-electron chi connectivity index (χ0n) is 11.6. The molecule has 0 unspecified atom stereocenters. The Morgan fingerprint density at radius 1 is 1.05 bits per heavy atom. The number of fused-ring (bicyclic) bond motifs is 2. The van der Waals surface area contributed by atoms with Crippen LogP contribution >= 0.6 is 0 Å². The van der Waals surface area contributed by atoms with Gasteiger partial charge < -0.3 is 19.7 Å².